The van der Waals surface area contributed by atoms with Crippen LogP contribution in [0.5, 0.6) is 0 Å². The van der Waals surface area contributed by atoms with Crippen LogP contribution >= 0.6 is 15.9 Å². The number of rotatable bonds is 17. The topological polar surface area (TPSA) is 117 Å². The number of fused-ring (bicyclic) bond motifs is 1. The van der Waals surface area contributed by atoms with Gasteiger partial charge in [-0.1, -0.05) is 109 Å². The maximum atomic E-state index is 14.9. The van der Waals surface area contributed by atoms with Gasteiger partial charge < -0.3 is 29.3 Å². The van der Waals surface area contributed by atoms with E-state index in [-0.39, 0.29) is 48.7 Å². The van der Waals surface area contributed by atoms with Crippen LogP contribution in [0.25, 0.3) is 0 Å². The largest absolute Gasteiger partial charge is 0.455 e. The lowest BCUT2D eigenvalue weighted by molar-refractivity contribution is -0.165. The number of nitrogens with zero attached hydrogens (tertiary/aromatic N) is 3. The molecule has 280 valence electrons. The summed E-state index contributed by atoms with van der Waals surface area (Å²) in [5.41, 5.74) is 0.263. The molecular formula is C41H52BrN3O7. The number of likely N-dealkylation sites (tertiary alicyclic amines) is 1. The predicted octanol–water partition coefficient (Wildman–Crippen LogP) is 5.45. The molecule has 0 saturated carbocycles. The fourth-order valence-electron chi connectivity index (χ4n) is 8.28. The Morgan fingerprint density at radius 3 is 2.35 bits per heavy atom. The second-order valence-electron chi connectivity index (χ2n) is 14.4. The molecule has 5 rings (SSSR count). The molecule has 52 heavy (non-hydrogen) atoms. The van der Waals surface area contributed by atoms with Crippen LogP contribution < -0.4 is 0 Å². The van der Waals surface area contributed by atoms with E-state index in [1.165, 1.54) is 4.90 Å². The number of aliphatic hydroxyl groups is 1. The first-order chi connectivity index (χ1) is 24.9. The minimum Gasteiger partial charge on any atom is -0.455 e. The second kappa shape index (κ2) is 16.9. The highest BCUT2D eigenvalue weighted by atomic mass is 79.9. The minimum absolute atomic E-state index is 0.116. The van der Waals surface area contributed by atoms with Crippen LogP contribution in [0, 0.1) is 17.8 Å². The van der Waals surface area contributed by atoms with Gasteiger partial charge in [-0.15, -0.1) is 13.2 Å². The van der Waals surface area contributed by atoms with Crippen LogP contribution in [-0.4, -0.2) is 98.4 Å². The van der Waals surface area contributed by atoms with Crippen molar-refractivity contribution in [2.24, 2.45) is 17.8 Å². The Morgan fingerprint density at radius 2 is 1.75 bits per heavy atom. The zero-order chi connectivity index (χ0) is 37.7. The summed E-state index contributed by atoms with van der Waals surface area (Å²) in [6.07, 6.45) is 3.50. The number of carbonyl (C=O) groups is 4. The standard InChI is InChI=1S/C41H52BrN3O7/c1-7-10-21-32(47)43(6)27(5)35(29-19-15-12-16-20-29)51-40(50)33-34-38(48)45(31(25-46)26(4)9-3)37(41(34)23-30(42)36(33)52-41)39(49)44(22-8-2)24-28-17-13-11-14-18-28/h7-8,11-20,26-27,30-31,33-37,46H,1-2,9-10,21-25H2,3-6H3/t26-,27-,30?,31-,33+,34-,35+,36+,37+,41-/m0/s1. The molecule has 10 atom stereocenters. The summed E-state index contributed by atoms with van der Waals surface area (Å²) in [6, 6.07) is 16.5. The van der Waals surface area contributed by atoms with Gasteiger partial charge >= 0.3 is 5.97 Å². The van der Waals surface area contributed by atoms with Crippen LogP contribution in [0.15, 0.2) is 86.0 Å². The molecule has 1 spiro atoms. The number of aliphatic hydroxyl groups excluding tert-OH is 1. The second-order valence-corrected chi connectivity index (χ2v) is 15.6. The molecule has 2 aromatic carbocycles. The van der Waals surface area contributed by atoms with Crippen molar-refractivity contribution in [3.63, 3.8) is 0 Å². The van der Waals surface area contributed by atoms with Crippen molar-refractivity contribution in [2.75, 3.05) is 20.2 Å². The molecule has 2 aromatic rings. The number of carbonyl (C=O) groups excluding carboxylic acids is 4. The number of likely N-dealkylation sites (N-methyl/N-ethyl adjacent to an activating group) is 1. The summed E-state index contributed by atoms with van der Waals surface area (Å²) in [4.78, 5) is 62.0. The van der Waals surface area contributed by atoms with Crippen molar-refractivity contribution in [3.8, 4) is 0 Å². The summed E-state index contributed by atoms with van der Waals surface area (Å²) in [6.45, 7) is 13.5. The minimum atomic E-state index is -1.35. The van der Waals surface area contributed by atoms with E-state index in [1.54, 1.807) is 29.0 Å². The lowest BCUT2D eigenvalue weighted by Gasteiger charge is -2.41. The van der Waals surface area contributed by atoms with Gasteiger partial charge in [0.05, 0.1) is 36.6 Å². The van der Waals surface area contributed by atoms with Gasteiger partial charge in [0.15, 0.2) is 0 Å². The lowest BCUT2D eigenvalue weighted by Crippen LogP contribution is -2.59. The van der Waals surface area contributed by atoms with Gasteiger partial charge in [0, 0.05) is 31.4 Å². The van der Waals surface area contributed by atoms with Gasteiger partial charge in [-0.3, -0.25) is 19.2 Å². The Balaban J connectivity index is 1.54. The van der Waals surface area contributed by atoms with E-state index in [0.29, 0.717) is 24.8 Å². The monoisotopic (exact) mass is 777 g/mol. The quantitative estimate of drug-likeness (QED) is 0.129. The van der Waals surface area contributed by atoms with E-state index in [2.05, 4.69) is 29.1 Å². The average molecular weight is 779 g/mol. The number of esters is 1. The third-order valence-electron chi connectivity index (χ3n) is 11.3. The van der Waals surface area contributed by atoms with Crippen LogP contribution in [0.3, 0.4) is 0 Å². The van der Waals surface area contributed by atoms with Crippen LogP contribution in [0.1, 0.15) is 63.7 Å². The first kappa shape index (κ1) is 39.4. The molecule has 11 heteroatoms. The normalized spacial score (nSPS) is 26.9. The molecule has 1 N–H and O–H groups in total. The molecule has 3 saturated heterocycles. The zero-order valence-corrected chi connectivity index (χ0v) is 32.2. The number of alkyl halides is 1. The highest BCUT2D eigenvalue weighted by Gasteiger charge is 2.77. The number of amides is 3. The third kappa shape index (κ3) is 7.37. The highest BCUT2D eigenvalue weighted by molar-refractivity contribution is 9.09. The summed E-state index contributed by atoms with van der Waals surface area (Å²) < 4.78 is 13.2. The SMILES string of the molecule is C=CCCC(=O)N(C)[C@@H](C)[C@@H](OC(=O)[C@H]1[C@@H]2O[C@@]3(CC2Br)[C@@H]1C(=O)N([C@@H](CO)[C@@H](C)CC)[C@@H]3C(=O)N(CC=C)Cc1ccccc1)c1ccccc1. The van der Waals surface area contributed by atoms with E-state index < -0.39 is 59.6 Å². The molecule has 1 unspecified atom stereocenters. The van der Waals surface area contributed by atoms with E-state index in [4.69, 9.17) is 9.47 Å². The number of hydrogen-bond acceptors (Lipinski definition) is 7. The third-order valence-corrected chi connectivity index (χ3v) is 12.2. The average Bonchev–Trinajstić information content (AvgIpc) is 3.75. The van der Waals surface area contributed by atoms with Crippen LogP contribution in [0.2, 0.25) is 0 Å². The van der Waals surface area contributed by atoms with E-state index in [1.807, 2.05) is 81.4 Å². The lowest BCUT2D eigenvalue weighted by atomic mass is 9.70. The molecule has 3 heterocycles. The number of ether oxygens (including phenoxy) is 2. The van der Waals surface area contributed by atoms with Crippen molar-refractivity contribution < 1.29 is 33.8 Å². The van der Waals surface area contributed by atoms with Gasteiger partial charge in [0.1, 0.15) is 17.7 Å². The molecule has 3 amide bonds. The molecule has 3 aliphatic rings. The van der Waals surface area contributed by atoms with E-state index >= 15 is 0 Å². The Hall–Kier alpha value is -3.80. The van der Waals surface area contributed by atoms with Crippen molar-refractivity contribution >= 4 is 39.6 Å². The van der Waals surface area contributed by atoms with Crippen LogP contribution in [0.4, 0.5) is 0 Å². The Kier molecular flexibility index (Phi) is 12.8. The van der Waals surface area contributed by atoms with Crippen molar-refractivity contribution in [1.29, 1.82) is 0 Å². The predicted molar refractivity (Wildman–Crippen MR) is 202 cm³/mol. The van der Waals surface area contributed by atoms with Gasteiger partial charge in [-0.25, -0.2) is 0 Å². The molecule has 3 fully saturated rings. The number of benzene rings is 2. The maximum absolute atomic E-state index is 14.9. The fourth-order valence-corrected chi connectivity index (χ4v) is 9.22. The molecular weight excluding hydrogens is 726 g/mol. The Bertz CT molecular complexity index is 1610. The highest BCUT2D eigenvalue weighted by Crippen LogP contribution is 2.61. The summed E-state index contributed by atoms with van der Waals surface area (Å²) in [5.74, 6) is -3.69. The molecule has 3 aliphatic heterocycles. The van der Waals surface area contributed by atoms with Gasteiger partial charge in [0.25, 0.3) is 0 Å². The van der Waals surface area contributed by atoms with Crippen molar-refractivity contribution in [2.45, 2.75) is 93.8 Å². The van der Waals surface area contributed by atoms with Crippen molar-refractivity contribution in [1.82, 2.24) is 14.7 Å². The van der Waals surface area contributed by atoms with Gasteiger partial charge in [-0.2, -0.15) is 0 Å². The smallest absolute Gasteiger partial charge is 0.313 e. The molecule has 2 bridgehead atoms. The number of hydrogen-bond donors (Lipinski definition) is 1. The summed E-state index contributed by atoms with van der Waals surface area (Å²) in [7, 11) is 1.69. The van der Waals surface area contributed by atoms with Crippen LogP contribution in [-0.2, 0) is 35.2 Å². The molecule has 0 aliphatic carbocycles. The summed E-state index contributed by atoms with van der Waals surface area (Å²) >= 11 is 3.76. The van der Waals surface area contributed by atoms with E-state index in [0.717, 1.165) is 5.56 Å². The fraction of sp³-hybridized carbons (Fsp3) is 0.512. The first-order valence-electron chi connectivity index (χ1n) is 18.3. The molecule has 0 aromatic heterocycles. The maximum Gasteiger partial charge on any atom is 0.313 e. The first-order valence-corrected chi connectivity index (χ1v) is 19.2. The van der Waals surface area contributed by atoms with Crippen molar-refractivity contribution in [3.05, 3.63) is 97.1 Å². The van der Waals surface area contributed by atoms with Gasteiger partial charge in [0.2, 0.25) is 17.7 Å². The van der Waals surface area contributed by atoms with Gasteiger partial charge in [-0.05, 0) is 36.8 Å². The van der Waals surface area contributed by atoms with E-state index in [9.17, 15) is 24.3 Å². The molecule has 10 nitrogen and oxygen atoms in total. The summed E-state index contributed by atoms with van der Waals surface area (Å²) in [5, 5.41) is 10.8. The zero-order valence-electron chi connectivity index (χ0n) is 30.6. The number of halogens is 1. The Morgan fingerprint density at radius 1 is 1.10 bits per heavy atom. The Labute approximate surface area is 315 Å². The molecule has 0 radical (unpaired) electrons. The number of allylic oxidation sites excluding steroid dienone is 1.